The van der Waals surface area contributed by atoms with Crippen LogP contribution in [0.15, 0.2) is 18.2 Å². The number of fused-ring (bicyclic) bond motifs is 3. The number of rotatable bonds is 3. The third-order valence-corrected chi connectivity index (χ3v) is 6.58. The predicted octanol–water partition coefficient (Wildman–Crippen LogP) is 2.50. The molecule has 0 spiro atoms. The van der Waals surface area contributed by atoms with E-state index < -0.39 is 0 Å². The summed E-state index contributed by atoms with van der Waals surface area (Å²) in [5.74, 6) is 3.98. The van der Waals surface area contributed by atoms with Crippen molar-refractivity contribution in [2.45, 2.75) is 32.2 Å². The van der Waals surface area contributed by atoms with Crippen LogP contribution in [0.1, 0.15) is 31.2 Å². The van der Waals surface area contributed by atoms with Gasteiger partial charge in [-0.15, -0.1) is 0 Å². The largest absolute Gasteiger partial charge is 0.454 e. The van der Waals surface area contributed by atoms with Gasteiger partial charge in [0.2, 0.25) is 12.7 Å². The second kappa shape index (κ2) is 6.20. The van der Waals surface area contributed by atoms with E-state index in [-0.39, 0.29) is 0 Å². The zero-order valence-electron chi connectivity index (χ0n) is 14.7. The third-order valence-electron chi connectivity index (χ3n) is 6.58. The summed E-state index contributed by atoms with van der Waals surface area (Å²) in [6.45, 7) is 4.89. The highest BCUT2D eigenvalue weighted by Gasteiger charge is 2.44. The van der Waals surface area contributed by atoms with Crippen molar-refractivity contribution >= 4 is 5.91 Å². The lowest BCUT2D eigenvalue weighted by atomic mass is 9.87. The van der Waals surface area contributed by atoms with Gasteiger partial charge in [0.15, 0.2) is 11.5 Å². The van der Waals surface area contributed by atoms with E-state index in [0.29, 0.717) is 24.5 Å². The Hall–Kier alpha value is -1.75. The maximum Gasteiger partial charge on any atom is 0.231 e. The lowest BCUT2D eigenvalue weighted by Crippen LogP contribution is -2.50. The molecule has 5 rings (SSSR count). The standard InChI is InChI=1S/C20H26N2O3/c23-20(17-10-14-1-3-16(17)9-14)22-7-5-21(6-8-22)12-15-2-4-18-19(11-15)25-13-24-18/h2,4,11,14,16-17H,1,3,5-10,12-13H2/t14-,16-,17-/m0/s1. The van der Waals surface area contributed by atoms with Crippen molar-refractivity contribution in [1.82, 2.24) is 9.80 Å². The normalized spacial score (nSPS) is 30.9. The number of amides is 1. The Labute approximate surface area is 148 Å². The Morgan fingerprint density at radius 2 is 1.88 bits per heavy atom. The van der Waals surface area contributed by atoms with Crippen LogP contribution in [-0.2, 0) is 11.3 Å². The highest BCUT2D eigenvalue weighted by Crippen LogP contribution is 2.48. The Bertz CT molecular complexity index is 669. The minimum Gasteiger partial charge on any atom is -0.454 e. The predicted molar refractivity (Wildman–Crippen MR) is 93.4 cm³/mol. The molecular formula is C20H26N2O3. The van der Waals surface area contributed by atoms with Gasteiger partial charge in [0, 0.05) is 38.6 Å². The van der Waals surface area contributed by atoms with Crippen LogP contribution in [0.5, 0.6) is 11.5 Å². The van der Waals surface area contributed by atoms with Gasteiger partial charge >= 0.3 is 0 Å². The third kappa shape index (κ3) is 2.88. The summed E-state index contributed by atoms with van der Waals surface area (Å²) in [5.41, 5.74) is 1.25. The van der Waals surface area contributed by atoms with Crippen molar-refractivity contribution in [2.75, 3.05) is 33.0 Å². The molecule has 1 aromatic carbocycles. The molecule has 25 heavy (non-hydrogen) atoms. The van der Waals surface area contributed by atoms with Crippen molar-refractivity contribution in [3.63, 3.8) is 0 Å². The number of nitrogens with zero attached hydrogens (tertiary/aromatic N) is 2. The fraction of sp³-hybridized carbons (Fsp3) is 0.650. The van der Waals surface area contributed by atoms with Gasteiger partial charge in [-0.05, 0) is 48.8 Å². The molecular weight excluding hydrogens is 316 g/mol. The van der Waals surface area contributed by atoms with Crippen molar-refractivity contribution in [2.24, 2.45) is 17.8 Å². The number of ether oxygens (including phenoxy) is 2. The first kappa shape index (κ1) is 15.5. The lowest BCUT2D eigenvalue weighted by Gasteiger charge is -2.37. The van der Waals surface area contributed by atoms with Crippen LogP contribution in [0.3, 0.4) is 0 Å². The summed E-state index contributed by atoms with van der Waals surface area (Å²) in [7, 11) is 0. The zero-order valence-corrected chi connectivity index (χ0v) is 14.7. The van der Waals surface area contributed by atoms with Gasteiger partial charge < -0.3 is 14.4 Å². The Kier molecular flexibility index (Phi) is 3.85. The zero-order chi connectivity index (χ0) is 16.8. The second-order valence-corrected chi connectivity index (χ2v) is 8.07. The van der Waals surface area contributed by atoms with Gasteiger partial charge in [-0.2, -0.15) is 0 Å². The van der Waals surface area contributed by atoms with Crippen molar-refractivity contribution < 1.29 is 14.3 Å². The van der Waals surface area contributed by atoms with Gasteiger partial charge in [0.25, 0.3) is 0 Å². The van der Waals surface area contributed by atoms with Crippen LogP contribution in [0.2, 0.25) is 0 Å². The first-order valence-electron chi connectivity index (χ1n) is 9.66. The summed E-state index contributed by atoms with van der Waals surface area (Å²) in [6.07, 6.45) is 5.10. The topological polar surface area (TPSA) is 42.0 Å². The number of carbonyl (C=O) groups excluding carboxylic acids is 1. The summed E-state index contributed by atoms with van der Waals surface area (Å²) in [5, 5.41) is 0. The fourth-order valence-corrected chi connectivity index (χ4v) is 5.21. The fourth-order valence-electron chi connectivity index (χ4n) is 5.21. The molecule has 1 aromatic rings. The van der Waals surface area contributed by atoms with Crippen molar-refractivity contribution in [3.05, 3.63) is 23.8 Å². The number of carbonyl (C=O) groups is 1. The highest BCUT2D eigenvalue weighted by atomic mass is 16.7. The minimum atomic E-state index is 0.322. The molecule has 2 heterocycles. The molecule has 5 heteroatoms. The Morgan fingerprint density at radius 3 is 2.64 bits per heavy atom. The molecule has 134 valence electrons. The van der Waals surface area contributed by atoms with Gasteiger partial charge in [-0.25, -0.2) is 0 Å². The summed E-state index contributed by atoms with van der Waals surface area (Å²) >= 11 is 0. The molecule has 2 bridgehead atoms. The number of hydrogen-bond donors (Lipinski definition) is 0. The van der Waals surface area contributed by atoms with Crippen molar-refractivity contribution in [1.29, 1.82) is 0 Å². The van der Waals surface area contributed by atoms with E-state index in [0.717, 1.165) is 56.6 Å². The van der Waals surface area contributed by atoms with Crippen LogP contribution in [0.25, 0.3) is 0 Å². The Balaban J connectivity index is 1.15. The van der Waals surface area contributed by atoms with Crippen LogP contribution in [-0.4, -0.2) is 48.7 Å². The average molecular weight is 342 g/mol. The quantitative estimate of drug-likeness (QED) is 0.846. The van der Waals surface area contributed by atoms with E-state index in [4.69, 9.17) is 9.47 Å². The van der Waals surface area contributed by atoms with Crippen LogP contribution >= 0.6 is 0 Å². The first-order valence-corrected chi connectivity index (χ1v) is 9.66. The molecule has 1 saturated heterocycles. The highest BCUT2D eigenvalue weighted by molar-refractivity contribution is 5.79. The first-order chi connectivity index (χ1) is 12.3. The molecule has 4 aliphatic rings. The maximum absolute atomic E-state index is 12.9. The van der Waals surface area contributed by atoms with E-state index in [2.05, 4.69) is 21.9 Å². The maximum atomic E-state index is 12.9. The van der Waals surface area contributed by atoms with Gasteiger partial charge in [0.05, 0.1) is 0 Å². The van der Waals surface area contributed by atoms with E-state index in [1.165, 1.54) is 24.8 Å². The van der Waals surface area contributed by atoms with Crippen LogP contribution < -0.4 is 9.47 Å². The lowest BCUT2D eigenvalue weighted by molar-refractivity contribution is -0.139. The van der Waals surface area contributed by atoms with E-state index in [9.17, 15) is 4.79 Å². The number of piperazine rings is 1. The molecule has 1 amide bonds. The van der Waals surface area contributed by atoms with E-state index in [1.54, 1.807) is 0 Å². The number of benzene rings is 1. The molecule has 2 aliphatic heterocycles. The van der Waals surface area contributed by atoms with Gasteiger partial charge in [-0.3, -0.25) is 9.69 Å². The molecule has 0 aromatic heterocycles. The molecule has 0 unspecified atom stereocenters. The van der Waals surface area contributed by atoms with Gasteiger partial charge in [-0.1, -0.05) is 12.5 Å². The van der Waals surface area contributed by atoms with Crippen LogP contribution in [0, 0.1) is 17.8 Å². The SMILES string of the molecule is O=C([C@H]1C[C@H]2CC[C@H]1C2)N1CCN(Cc2ccc3c(c2)OCO3)CC1. The smallest absolute Gasteiger partial charge is 0.231 e. The Morgan fingerprint density at radius 1 is 1.04 bits per heavy atom. The summed E-state index contributed by atoms with van der Waals surface area (Å²) in [6, 6.07) is 6.18. The molecule has 0 N–H and O–H groups in total. The summed E-state index contributed by atoms with van der Waals surface area (Å²) in [4.78, 5) is 17.4. The van der Waals surface area contributed by atoms with E-state index in [1.807, 2.05) is 6.07 Å². The molecule has 0 radical (unpaired) electrons. The summed E-state index contributed by atoms with van der Waals surface area (Å²) < 4.78 is 10.8. The monoisotopic (exact) mass is 342 g/mol. The van der Waals surface area contributed by atoms with E-state index >= 15 is 0 Å². The molecule has 2 aliphatic carbocycles. The molecule has 5 nitrogen and oxygen atoms in total. The van der Waals surface area contributed by atoms with Gasteiger partial charge in [0.1, 0.15) is 0 Å². The molecule has 2 saturated carbocycles. The molecule has 3 atom stereocenters. The second-order valence-electron chi connectivity index (χ2n) is 8.07. The minimum absolute atomic E-state index is 0.322. The van der Waals surface area contributed by atoms with Crippen LogP contribution in [0.4, 0.5) is 0 Å². The van der Waals surface area contributed by atoms with Crippen molar-refractivity contribution in [3.8, 4) is 11.5 Å². The number of hydrogen-bond acceptors (Lipinski definition) is 4. The molecule has 3 fully saturated rings. The average Bonchev–Trinajstić information content (AvgIpc) is 3.38.